The van der Waals surface area contributed by atoms with Crippen LogP contribution < -0.4 is 0 Å². The van der Waals surface area contributed by atoms with Crippen molar-refractivity contribution in [2.75, 3.05) is 20.5 Å². The van der Waals surface area contributed by atoms with Gasteiger partial charge in [-0.05, 0) is 12.5 Å². The summed E-state index contributed by atoms with van der Waals surface area (Å²) in [5.41, 5.74) is 2.02. The first-order valence-electron chi connectivity index (χ1n) is 6.22. The highest BCUT2D eigenvalue weighted by Gasteiger charge is 2.41. The minimum Gasteiger partial charge on any atom is -0.456 e. The Morgan fingerprint density at radius 1 is 1.37 bits per heavy atom. The second-order valence-electron chi connectivity index (χ2n) is 4.56. The van der Waals surface area contributed by atoms with E-state index in [1.54, 1.807) is 7.11 Å². The van der Waals surface area contributed by atoms with E-state index in [0.717, 1.165) is 11.1 Å². The predicted octanol–water partition coefficient (Wildman–Crippen LogP) is 2.47. The van der Waals surface area contributed by atoms with Crippen molar-refractivity contribution in [3.05, 3.63) is 47.5 Å². The van der Waals surface area contributed by atoms with Gasteiger partial charge in [0.2, 0.25) is 0 Å². The predicted molar refractivity (Wildman–Crippen MR) is 70.4 cm³/mol. The lowest BCUT2D eigenvalue weighted by atomic mass is 9.89. The molecular weight excluding hydrogens is 244 g/mol. The van der Waals surface area contributed by atoms with Crippen molar-refractivity contribution in [3.8, 4) is 0 Å². The molecule has 4 nitrogen and oxygen atoms in total. The molecule has 0 N–H and O–H groups in total. The topological polar surface area (TPSA) is 44.8 Å². The number of cyclic esters (lactones) is 1. The Kier molecular flexibility index (Phi) is 4.71. The number of esters is 1. The number of hydrogen-bond acceptors (Lipinski definition) is 4. The van der Waals surface area contributed by atoms with Crippen LogP contribution in [0.1, 0.15) is 18.6 Å². The molecule has 0 aromatic heterocycles. The first-order valence-corrected chi connectivity index (χ1v) is 6.22. The number of hydrogen-bond donors (Lipinski definition) is 0. The maximum atomic E-state index is 11.5. The van der Waals surface area contributed by atoms with E-state index in [2.05, 4.69) is 0 Å². The van der Waals surface area contributed by atoms with Crippen molar-refractivity contribution in [2.45, 2.75) is 13.0 Å². The van der Waals surface area contributed by atoms with Gasteiger partial charge in [0, 0.05) is 7.11 Å². The summed E-state index contributed by atoms with van der Waals surface area (Å²) in [5.74, 6) is -0.395. The third-order valence-corrected chi connectivity index (χ3v) is 2.96. The van der Waals surface area contributed by atoms with E-state index < -0.39 is 0 Å². The second-order valence-corrected chi connectivity index (χ2v) is 4.56. The highest BCUT2D eigenvalue weighted by atomic mass is 16.7. The van der Waals surface area contributed by atoms with Gasteiger partial charge < -0.3 is 14.2 Å². The summed E-state index contributed by atoms with van der Waals surface area (Å²) in [6.07, 6.45) is 1.74. The molecular formula is C15H18O4. The number of carbonyl (C=O) groups excluding carboxylic acids is 1. The number of carbonyl (C=O) groups is 1. The van der Waals surface area contributed by atoms with Crippen molar-refractivity contribution in [1.29, 1.82) is 0 Å². The normalized spacial score (nSPS) is 22.8. The summed E-state index contributed by atoms with van der Waals surface area (Å²) in [6.45, 7) is 2.64. The van der Waals surface area contributed by atoms with E-state index in [4.69, 9.17) is 14.2 Å². The van der Waals surface area contributed by atoms with Gasteiger partial charge in [-0.1, -0.05) is 42.0 Å². The number of methoxy groups -OCH3 is 1. The van der Waals surface area contributed by atoms with E-state index in [1.165, 1.54) is 0 Å². The minimum absolute atomic E-state index is 0.175. The maximum Gasteiger partial charge on any atom is 0.317 e. The van der Waals surface area contributed by atoms with E-state index in [0.29, 0.717) is 6.61 Å². The van der Waals surface area contributed by atoms with Crippen LogP contribution >= 0.6 is 0 Å². The summed E-state index contributed by atoms with van der Waals surface area (Å²) in [5, 5.41) is 0. The van der Waals surface area contributed by atoms with Crippen molar-refractivity contribution in [1.82, 2.24) is 0 Å². The maximum absolute atomic E-state index is 11.5. The number of benzene rings is 1. The molecule has 102 valence electrons. The van der Waals surface area contributed by atoms with Crippen LogP contribution in [0.2, 0.25) is 0 Å². The molecule has 2 rings (SSSR count). The fourth-order valence-electron chi connectivity index (χ4n) is 2.04. The first kappa shape index (κ1) is 13.8. The molecule has 1 aromatic rings. The molecule has 1 saturated heterocycles. The van der Waals surface area contributed by atoms with Crippen LogP contribution in [0, 0.1) is 5.92 Å². The minimum atomic E-state index is -0.214. The standard InChI is InChI=1S/C15H18O4/c1-11(9-18-10-17-2)8-13-14(19-15(13)16)12-6-4-3-5-7-12/h3-8,13-14H,9-10H2,1-2H3/b11-8+/t13-,14+/m0/s1. The van der Waals surface area contributed by atoms with E-state index in [1.807, 2.05) is 43.3 Å². The molecule has 0 spiro atoms. The highest BCUT2D eigenvalue weighted by Crippen LogP contribution is 2.38. The van der Waals surface area contributed by atoms with Crippen molar-refractivity contribution < 1.29 is 19.0 Å². The van der Waals surface area contributed by atoms with Crippen LogP contribution in [0.4, 0.5) is 0 Å². The van der Waals surface area contributed by atoms with Crippen LogP contribution in [0.3, 0.4) is 0 Å². The fourth-order valence-corrected chi connectivity index (χ4v) is 2.04. The first-order chi connectivity index (χ1) is 9.22. The number of rotatable bonds is 6. The monoisotopic (exact) mass is 262 g/mol. The van der Waals surface area contributed by atoms with Gasteiger partial charge in [0.25, 0.3) is 0 Å². The molecule has 1 aromatic carbocycles. The third kappa shape index (κ3) is 3.43. The van der Waals surface area contributed by atoms with E-state index >= 15 is 0 Å². The van der Waals surface area contributed by atoms with Gasteiger partial charge in [0.05, 0.1) is 6.61 Å². The Labute approximate surface area is 113 Å². The molecule has 1 aliphatic rings. The molecule has 0 saturated carbocycles. The molecule has 1 aliphatic heterocycles. The van der Waals surface area contributed by atoms with Gasteiger partial charge in [-0.25, -0.2) is 0 Å². The summed E-state index contributed by atoms with van der Waals surface area (Å²) >= 11 is 0. The van der Waals surface area contributed by atoms with E-state index in [9.17, 15) is 4.79 Å². The van der Waals surface area contributed by atoms with Crippen molar-refractivity contribution >= 4 is 5.97 Å². The zero-order chi connectivity index (χ0) is 13.7. The molecule has 19 heavy (non-hydrogen) atoms. The molecule has 0 aliphatic carbocycles. The molecule has 1 fully saturated rings. The lowest BCUT2D eigenvalue weighted by molar-refractivity contribution is -0.180. The second kappa shape index (κ2) is 6.50. The van der Waals surface area contributed by atoms with Gasteiger partial charge in [-0.2, -0.15) is 0 Å². The molecule has 0 radical (unpaired) electrons. The smallest absolute Gasteiger partial charge is 0.317 e. The van der Waals surface area contributed by atoms with Gasteiger partial charge in [0.1, 0.15) is 18.8 Å². The van der Waals surface area contributed by atoms with Crippen LogP contribution in [0.15, 0.2) is 42.0 Å². The van der Waals surface area contributed by atoms with Gasteiger partial charge in [-0.3, -0.25) is 4.79 Å². The molecule has 0 unspecified atom stereocenters. The average molecular weight is 262 g/mol. The summed E-state index contributed by atoms with van der Waals surface area (Å²) < 4.78 is 15.3. The zero-order valence-corrected chi connectivity index (χ0v) is 11.2. The Hall–Kier alpha value is -1.65. The molecule has 1 heterocycles. The summed E-state index contributed by atoms with van der Waals surface area (Å²) in [7, 11) is 1.58. The van der Waals surface area contributed by atoms with Gasteiger partial charge in [0.15, 0.2) is 0 Å². The quantitative estimate of drug-likeness (QED) is 0.342. The molecule has 2 atom stereocenters. The van der Waals surface area contributed by atoms with Crippen LogP contribution in [-0.2, 0) is 19.0 Å². The summed E-state index contributed by atoms with van der Waals surface area (Å²) in [6, 6.07) is 9.76. The van der Waals surface area contributed by atoms with Crippen LogP contribution in [-0.4, -0.2) is 26.5 Å². The molecule has 0 bridgehead atoms. The fraction of sp³-hybridized carbons (Fsp3) is 0.400. The van der Waals surface area contributed by atoms with Gasteiger partial charge in [-0.15, -0.1) is 0 Å². The van der Waals surface area contributed by atoms with E-state index in [-0.39, 0.29) is 24.8 Å². The van der Waals surface area contributed by atoms with Crippen molar-refractivity contribution in [3.63, 3.8) is 0 Å². The average Bonchev–Trinajstić information content (AvgIpc) is 2.43. The van der Waals surface area contributed by atoms with Gasteiger partial charge >= 0.3 is 5.97 Å². The van der Waals surface area contributed by atoms with Crippen LogP contribution in [0.25, 0.3) is 0 Å². The third-order valence-electron chi connectivity index (χ3n) is 2.96. The Morgan fingerprint density at radius 3 is 2.74 bits per heavy atom. The highest BCUT2D eigenvalue weighted by molar-refractivity contribution is 5.81. The SMILES string of the molecule is COCOC/C(C)=C/[C@@H]1C(=O)O[C@@H]1c1ccccc1. The number of ether oxygens (including phenoxy) is 3. The van der Waals surface area contributed by atoms with Crippen LogP contribution in [0.5, 0.6) is 0 Å². The molecule has 0 amide bonds. The Morgan fingerprint density at radius 2 is 2.11 bits per heavy atom. The zero-order valence-electron chi connectivity index (χ0n) is 11.2. The summed E-state index contributed by atoms with van der Waals surface area (Å²) in [4.78, 5) is 11.5. The molecule has 4 heteroatoms. The lowest BCUT2D eigenvalue weighted by Crippen LogP contribution is -2.37. The Bertz CT molecular complexity index is 452. The lowest BCUT2D eigenvalue weighted by Gasteiger charge is -2.34. The Balaban J connectivity index is 1.98. The van der Waals surface area contributed by atoms with Crippen molar-refractivity contribution in [2.24, 2.45) is 5.92 Å². The largest absolute Gasteiger partial charge is 0.456 e.